The third-order valence-electron chi connectivity index (χ3n) is 11.2. The van der Waals surface area contributed by atoms with Crippen molar-refractivity contribution in [1.29, 1.82) is 0 Å². The van der Waals surface area contributed by atoms with Crippen molar-refractivity contribution in [3.8, 4) is 11.5 Å². The summed E-state index contributed by atoms with van der Waals surface area (Å²) < 4.78 is 20.2. The van der Waals surface area contributed by atoms with Crippen LogP contribution >= 0.6 is 0 Å². The monoisotopic (exact) mass is 752 g/mol. The number of amides is 1. The summed E-state index contributed by atoms with van der Waals surface area (Å²) in [6.45, 7) is 7.14. The lowest BCUT2D eigenvalue weighted by atomic mass is 9.55. The molecule has 6 atom stereocenters. The minimum absolute atomic E-state index is 0.0602. The smallest absolute Gasteiger partial charge is 0.410 e. The van der Waals surface area contributed by atoms with Crippen LogP contribution in [0.1, 0.15) is 80.9 Å². The van der Waals surface area contributed by atoms with E-state index in [4.69, 9.17) is 24.2 Å². The van der Waals surface area contributed by atoms with E-state index in [0.717, 1.165) is 47.9 Å². The number of aromatic hydroxyl groups is 1. The Morgan fingerprint density at radius 1 is 0.964 bits per heavy atom. The van der Waals surface area contributed by atoms with Gasteiger partial charge in [-0.3, -0.25) is 4.90 Å². The van der Waals surface area contributed by atoms with Crippen LogP contribution < -0.4 is 4.74 Å². The highest BCUT2D eigenvalue weighted by Gasteiger charge is 2.65. The van der Waals surface area contributed by atoms with E-state index in [1.165, 1.54) is 0 Å². The first-order valence-corrected chi connectivity index (χ1v) is 19.8. The maximum Gasteiger partial charge on any atom is 0.410 e. The van der Waals surface area contributed by atoms with Gasteiger partial charge in [-0.25, -0.2) is 4.79 Å². The number of hydrogen-bond donors (Lipinski definition) is 3. The van der Waals surface area contributed by atoms with Crippen LogP contribution in [-0.2, 0) is 27.5 Å². The van der Waals surface area contributed by atoms with Gasteiger partial charge in [-0.1, -0.05) is 97.7 Å². The van der Waals surface area contributed by atoms with E-state index in [-0.39, 0.29) is 63.0 Å². The molecule has 0 radical (unpaired) electrons. The number of aliphatic hydroxyl groups is 2. The van der Waals surface area contributed by atoms with Crippen molar-refractivity contribution in [1.82, 2.24) is 4.90 Å². The van der Waals surface area contributed by atoms with E-state index in [2.05, 4.69) is 12.7 Å². The Kier molecular flexibility index (Phi) is 14.0. The lowest BCUT2D eigenvalue weighted by Crippen LogP contribution is -2.70. The summed E-state index contributed by atoms with van der Waals surface area (Å²) in [5, 5.41) is 35.4. The number of allylic oxidation sites excluding steroid dienone is 1. The number of carbonyl (C=O) groups is 1. The maximum atomic E-state index is 14.4. The quantitative estimate of drug-likeness (QED) is 0.0634. The van der Waals surface area contributed by atoms with Gasteiger partial charge in [-0.2, -0.15) is 0 Å². The minimum atomic E-state index is -1.39. The molecular weight excluding hydrogens is 697 g/mol. The number of unbranched alkanes of at least 4 members (excludes halogenated alkanes) is 2. The average molecular weight is 753 g/mol. The Bertz CT molecular complexity index is 1760. The van der Waals surface area contributed by atoms with E-state index in [0.29, 0.717) is 37.3 Å². The van der Waals surface area contributed by atoms with Crippen LogP contribution in [0.3, 0.4) is 0 Å². The number of phenols is 1. The summed E-state index contributed by atoms with van der Waals surface area (Å²) in [4.78, 5) is 22.3. The number of oxime groups is 1. The minimum Gasteiger partial charge on any atom is -0.508 e. The molecule has 3 N–H and O–H groups in total. The summed E-state index contributed by atoms with van der Waals surface area (Å²) >= 11 is 0. The summed E-state index contributed by atoms with van der Waals surface area (Å²) in [5.74, 6) is -1.20. The van der Waals surface area contributed by atoms with Crippen molar-refractivity contribution in [3.63, 3.8) is 0 Å². The van der Waals surface area contributed by atoms with Crippen LogP contribution in [0.5, 0.6) is 11.5 Å². The van der Waals surface area contributed by atoms with Crippen molar-refractivity contribution in [2.75, 3.05) is 26.4 Å². The fraction of sp³-hybridized carbons (Fsp3) is 0.467. The lowest BCUT2D eigenvalue weighted by molar-refractivity contribution is -0.255. The highest BCUT2D eigenvalue weighted by molar-refractivity contribution is 6.03. The number of rotatable bonds is 19. The number of benzene rings is 3. The normalized spacial score (nSPS) is 24.5. The van der Waals surface area contributed by atoms with Crippen molar-refractivity contribution in [2.45, 2.75) is 89.3 Å². The predicted molar refractivity (Wildman–Crippen MR) is 211 cm³/mol. The lowest BCUT2D eigenvalue weighted by Gasteiger charge is -2.59. The second-order valence-corrected chi connectivity index (χ2v) is 14.8. The predicted octanol–water partition coefficient (Wildman–Crippen LogP) is 8.27. The first-order valence-electron chi connectivity index (χ1n) is 19.8. The van der Waals surface area contributed by atoms with Crippen LogP contribution in [0.4, 0.5) is 4.79 Å². The van der Waals surface area contributed by atoms with Crippen molar-refractivity contribution in [2.24, 2.45) is 22.9 Å². The van der Waals surface area contributed by atoms with Gasteiger partial charge in [0.05, 0.1) is 18.2 Å². The van der Waals surface area contributed by atoms with Gasteiger partial charge in [-0.15, -0.1) is 6.58 Å². The molecule has 0 spiro atoms. The van der Waals surface area contributed by atoms with Gasteiger partial charge in [0.25, 0.3) is 0 Å². The Balaban J connectivity index is 1.53. The van der Waals surface area contributed by atoms with E-state index >= 15 is 0 Å². The molecule has 10 nitrogen and oxygen atoms in total. The second kappa shape index (κ2) is 19.3. The Morgan fingerprint density at radius 3 is 2.33 bits per heavy atom. The maximum absolute atomic E-state index is 14.4. The molecule has 1 amide bonds. The van der Waals surface area contributed by atoms with Gasteiger partial charge in [0.15, 0.2) is 0 Å². The molecule has 1 fully saturated rings. The fourth-order valence-corrected chi connectivity index (χ4v) is 8.83. The number of aliphatic hydroxyl groups excluding tert-OH is 2. The van der Waals surface area contributed by atoms with E-state index in [1.54, 1.807) is 29.2 Å². The first kappa shape index (κ1) is 40.0. The fourth-order valence-electron chi connectivity index (χ4n) is 8.83. The SMILES string of the molecule is C=CCOC12Oc3ccc(O)cc3C3C(CCCCO)C(CCCCO)C=C(C(=NOCc4ccccc4)CC1N(CCC)C(=O)OCc1ccccc1)C32. The van der Waals surface area contributed by atoms with Gasteiger partial charge < -0.3 is 34.4 Å². The number of carbonyl (C=O) groups excluding carboxylic acids is 1. The molecule has 294 valence electrons. The highest BCUT2D eigenvalue weighted by atomic mass is 16.7. The van der Waals surface area contributed by atoms with Gasteiger partial charge >= 0.3 is 6.09 Å². The van der Waals surface area contributed by atoms with Gasteiger partial charge in [0.1, 0.15) is 30.8 Å². The van der Waals surface area contributed by atoms with Crippen LogP contribution in [0, 0.1) is 17.8 Å². The zero-order valence-corrected chi connectivity index (χ0v) is 31.9. The Hall–Kier alpha value is -4.64. The first-order chi connectivity index (χ1) is 26.9. The molecule has 2 aliphatic carbocycles. The molecule has 0 aromatic heterocycles. The molecule has 0 saturated heterocycles. The zero-order chi connectivity index (χ0) is 38.6. The molecule has 6 rings (SSSR count). The number of hydrogen-bond acceptors (Lipinski definition) is 9. The number of nitrogens with zero attached hydrogens (tertiary/aromatic N) is 2. The molecule has 3 aliphatic rings. The highest BCUT2D eigenvalue weighted by Crippen LogP contribution is 2.62. The molecule has 1 heterocycles. The van der Waals surface area contributed by atoms with Crippen LogP contribution in [0.15, 0.2) is 108 Å². The molecule has 10 heteroatoms. The van der Waals surface area contributed by atoms with E-state index < -0.39 is 23.8 Å². The molecule has 6 unspecified atom stereocenters. The molecule has 0 bridgehead atoms. The van der Waals surface area contributed by atoms with E-state index in [1.807, 2.05) is 67.6 Å². The standard InChI is InChI=1S/C45H56N2O8/c1-3-23-47(44(51)52-30-32-15-7-5-8-16-32)41-29-39(46-54-31-33-17-9-6-10-18-33)37-27-34(19-11-13-24-48)36(20-12-14-25-49)42-38-28-35(50)21-22-40(38)55-45(41,43(37)42)53-26-4-2/h4-10,15-18,21-22,27-28,34,36,41-43,48-50H,2-3,11-14,19-20,23-26,29-31H2,1H3. The van der Waals surface area contributed by atoms with Gasteiger partial charge in [-0.05, 0) is 78.8 Å². The number of ether oxygens (including phenoxy) is 3. The summed E-state index contributed by atoms with van der Waals surface area (Å²) in [6, 6.07) is 24.0. The molecular formula is C45H56N2O8. The van der Waals surface area contributed by atoms with Crippen molar-refractivity contribution < 1.29 is 39.2 Å². The molecule has 3 aromatic carbocycles. The van der Waals surface area contributed by atoms with Crippen LogP contribution in [0.2, 0.25) is 0 Å². The second-order valence-electron chi connectivity index (χ2n) is 14.8. The number of fused-ring (bicyclic) bond motifs is 2. The summed E-state index contributed by atoms with van der Waals surface area (Å²) in [6.07, 6.45) is 9.08. The van der Waals surface area contributed by atoms with Gasteiger partial charge in [0, 0.05) is 37.7 Å². The van der Waals surface area contributed by atoms with E-state index in [9.17, 15) is 20.1 Å². The third-order valence-corrected chi connectivity index (χ3v) is 11.2. The molecule has 55 heavy (non-hydrogen) atoms. The molecule has 3 aromatic rings. The third kappa shape index (κ3) is 9.09. The van der Waals surface area contributed by atoms with Crippen LogP contribution in [0.25, 0.3) is 0 Å². The Morgan fingerprint density at radius 2 is 1.65 bits per heavy atom. The largest absolute Gasteiger partial charge is 0.508 e. The Labute approximate surface area is 325 Å². The zero-order valence-electron chi connectivity index (χ0n) is 31.9. The molecule has 1 aliphatic heterocycles. The molecule has 1 saturated carbocycles. The summed E-state index contributed by atoms with van der Waals surface area (Å²) in [7, 11) is 0. The average Bonchev–Trinajstić information content (AvgIpc) is 3.21. The van der Waals surface area contributed by atoms with Crippen molar-refractivity contribution in [3.05, 3.63) is 120 Å². The topological polar surface area (TPSA) is 130 Å². The number of phenolic OH excluding ortho intramolecular Hbond substituents is 1. The van der Waals surface area contributed by atoms with Crippen molar-refractivity contribution >= 4 is 11.8 Å². The van der Waals surface area contributed by atoms with Crippen LogP contribution in [-0.4, -0.2) is 70.2 Å². The van der Waals surface area contributed by atoms with Gasteiger partial charge in [0.2, 0.25) is 5.79 Å². The summed E-state index contributed by atoms with van der Waals surface area (Å²) in [5.41, 5.74) is 4.37.